The number of rotatable bonds is 4. The molecule has 1 aliphatic carbocycles. The second kappa shape index (κ2) is 6.66. The van der Waals surface area contributed by atoms with Crippen molar-refractivity contribution in [3.05, 3.63) is 71.3 Å². The molecule has 0 unspecified atom stereocenters. The van der Waals surface area contributed by atoms with E-state index in [4.69, 9.17) is 0 Å². The van der Waals surface area contributed by atoms with Gasteiger partial charge in [-0.05, 0) is 49.1 Å². The molecule has 0 fully saturated rings. The summed E-state index contributed by atoms with van der Waals surface area (Å²) in [5.74, 6) is -0.134. The Morgan fingerprint density at radius 3 is 2.83 bits per heavy atom. The third kappa shape index (κ3) is 2.98. The summed E-state index contributed by atoms with van der Waals surface area (Å²) in [5.41, 5.74) is 3.04. The average molecular weight is 306 g/mol. The second-order valence-electron chi connectivity index (χ2n) is 6.09. The van der Waals surface area contributed by atoms with Crippen LogP contribution in [0.3, 0.4) is 0 Å². The fraction of sp³-hybridized carbons (Fsp3) is 0.300. The van der Waals surface area contributed by atoms with Crippen LogP contribution in [0.2, 0.25) is 0 Å². The summed E-state index contributed by atoms with van der Waals surface area (Å²) < 4.78 is 0. The van der Waals surface area contributed by atoms with Gasteiger partial charge in [-0.1, -0.05) is 36.9 Å². The molecule has 118 valence electrons. The Balaban J connectivity index is 2.54. The zero-order chi connectivity index (χ0) is 17.0. The first-order chi connectivity index (χ1) is 11.0. The van der Waals surface area contributed by atoms with E-state index in [2.05, 4.69) is 18.0 Å². The molecular weight excluding hydrogens is 284 g/mol. The summed E-state index contributed by atoms with van der Waals surface area (Å²) in [7, 11) is 1.66. The van der Waals surface area contributed by atoms with Gasteiger partial charge >= 0.3 is 0 Å². The standard InChI is InChI=1S/C20H22N2O/c1-5-6-7-8-14(2)18-17-11-15(13-21)9-10-16(17)12-20(18,3)19(23)22-4/h5-11,18H,2,12H2,1,3-4H3,(H,22,23)/b6-5-,8-7-/t18-,20+/m0/s1. The molecule has 0 heterocycles. The number of benzene rings is 1. The summed E-state index contributed by atoms with van der Waals surface area (Å²) in [5, 5.41) is 12.0. The van der Waals surface area contributed by atoms with E-state index in [0.717, 1.165) is 16.7 Å². The van der Waals surface area contributed by atoms with Crippen LogP contribution in [0.15, 0.2) is 54.7 Å². The van der Waals surface area contributed by atoms with Crippen LogP contribution in [-0.4, -0.2) is 13.0 Å². The van der Waals surface area contributed by atoms with Gasteiger partial charge in [-0.3, -0.25) is 4.79 Å². The third-order valence-corrected chi connectivity index (χ3v) is 4.51. The second-order valence-corrected chi connectivity index (χ2v) is 6.09. The number of nitrogens with one attached hydrogen (secondary N) is 1. The number of nitrogens with zero attached hydrogens (tertiary/aromatic N) is 1. The molecule has 0 saturated heterocycles. The number of nitriles is 1. The third-order valence-electron chi connectivity index (χ3n) is 4.51. The molecule has 0 aromatic heterocycles. The quantitative estimate of drug-likeness (QED) is 0.863. The lowest BCUT2D eigenvalue weighted by atomic mass is 9.73. The maximum atomic E-state index is 12.5. The van der Waals surface area contributed by atoms with E-state index in [9.17, 15) is 10.1 Å². The van der Waals surface area contributed by atoms with E-state index in [1.54, 1.807) is 7.05 Å². The van der Waals surface area contributed by atoms with Crippen LogP contribution < -0.4 is 5.32 Å². The van der Waals surface area contributed by atoms with Crippen LogP contribution in [0.5, 0.6) is 0 Å². The smallest absolute Gasteiger partial charge is 0.226 e. The van der Waals surface area contributed by atoms with Crippen molar-refractivity contribution in [2.75, 3.05) is 7.05 Å². The van der Waals surface area contributed by atoms with Gasteiger partial charge in [0.2, 0.25) is 5.91 Å². The lowest BCUT2D eigenvalue weighted by Gasteiger charge is -2.30. The summed E-state index contributed by atoms with van der Waals surface area (Å²) >= 11 is 0. The van der Waals surface area contributed by atoms with Gasteiger partial charge in [0.25, 0.3) is 0 Å². The number of fused-ring (bicyclic) bond motifs is 1. The van der Waals surface area contributed by atoms with Crippen molar-refractivity contribution in [1.82, 2.24) is 5.32 Å². The molecule has 0 radical (unpaired) electrons. The van der Waals surface area contributed by atoms with Crippen molar-refractivity contribution in [2.24, 2.45) is 5.41 Å². The van der Waals surface area contributed by atoms with Crippen molar-refractivity contribution in [3.63, 3.8) is 0 Å². The maximum absolute atomic E-state index is 12.5. The van der Waals surface area contributed by atoms with Gasteiger partial charge in [0.15, 0.2) is 0 Å². The summed E-state index contributed by atoms with van der Waals surface area (Å²) in [6.45, 7) is 8.11. The van der Waals surface area contributed by atoms with Crippen LogP contribution in [0.1, 0.15) is 36.5 Å². The Morgan fingerprint density at radius 2 is 2.22 bits per heavy atom. The number of allylic oxidation sites excluding steroid dienone is 5. The maximum Gasteiger partial charge on any atom is 0.226 e. The molecule has 0 aliphatic heterocycles. The van der Waals surface area contributed by atoms with Crippen molar-refractivity contribution >= 4 is 5.91 Å². The zero-order valence-electron chi connectivity index (χ0n) is 13.9. The highest BCUT2D eigenvalue weighted by atomic mass is 16.2. The monoisotopic (exact) mass is 306 g/mol. The Bertz CT molecular complexity index is 736. The molecule has 0 bridgehead atoms. The van der Waals surface area contributed by atoms with Gasteiger partial charge in [0, 0.05) is 13.0 Å². The van der Waals surface area contributed by atoms with Crippen LogP contribution in [0.25, 0.3) is 0 Å². The molecule has 1 aromatic rings. The molecule has 1 amide bonds. The molecular formula is C20H22N2O. The summed E-state index contributed by atoms with van der Waals surface area (Å²) in [6, 6.07) is 7.84. The van der Waals surface area contributed by atoms with Crippen molar-refractivity contribution < 1.29 is 4.79 Å². The topological polar surface area (TPSA) is 52.9 Å². The molecule has 23 heavy (non-hydrogen) atoms. The van der Waals surface area contributed by atoms with Gasteiger partial charge in [0.05, 0.1) is 17.0 Å². The van der Waals surface area contributed by atoms with Crippen LogP contribution in [0.4, 0.5) is 0 Å². The number of amides is 1. The normalized spacial score (nSPS) is 23.0. The molecule has 2 rings (SSSR count). The van der Waals surface area contributed by atoms with E-state index in [-0.39, 0.29) is 11.8 Å². The number of carbonyl (C=O) groups excluding carboxylic acids is 1. The molecule has 3 heteroatoms. The minimum Gasteiger partial charge on any atom is -0.359 e. The predicted molar refractivity (Wildman–Crippen MR) is 92.9 cm³/mol. The Hall–Kier alpha value is -2.60. The highest BCUT2D eigenvalue weighted by Crippen LogP contribution is 2.51. The van der Waals surface area contributed by atoms with E-state index < -0.39 is 5.41 Å². The Kier molecular flexibility index (Phi) is 4.86. The summed E-state index contributed by atoms with van der Waals surface area (Å²) in [6.07, 6.45) is 8.40. The van der Waals surface area contributed by atoms with E-state index in [0.29, 0.717) is 12.0 Å². The van der Waals surface area contributed by atoms with E-state index in [1.807, 2.05) is 56.4 Å². The van der Waals surface area contributed by atoms with Gasteiger partial charge in [-0.15, -0.1) is 0 Å². The largest absolute Gasteiger partial charge is 0.359 e. The molecule has 1 aromatic carbocycles. The molecule has 2 atom stereocenters. The molecule has 1 aliphatic rings. The number of carbonyl (C=O) groups is 1. The van der Waals surface area contributed by atoms with Crippen LogP contribution >= 0.6 is 0 Å². The first-order valence-electron chi connectivity index (χ1n) is 7.71. The van der Waals surface area contributed by atoms with Gasteiger partial charge in [-0.25, -0.2) is 0 Å². The van der Waals surface area contributed by atoms with Crippen LogP contribution in [0, 0.1) is 16.7 Å². The minimum atomic E-state index is -0.595. The first kappa shape index (κ1) is 16.8. The Labute approximate surface area is 138 Å². The fourth-order valence-electron chi connectivity index (χ4n) is 3.43. The average Bonchev–Trinajstić information content (AvgIpc) is 2.86. The number of hydrogen-bond donors (Lipinski definition) is 1. The van der Waals surface area contributed by atoms with Gasteiger partial charge < -0.3 is 5.32 Å². The molecule has 3 nitrogen and oxygen atoms in total. The SMILES string of the molecule is C=C(/C=C\C=C/C)[C@H]1c2cc(C#N)ccc2C[C@@]1(C)C(=O)NC. The van der Waals surface area contributed by atoms with Gasteiger partial charge in [-0.2, -0.15) is 5.26 Å². The number of hydrogen-bond acceptors (Lipinski definition) is 2. The summed E-state index contributed by atoms with van der Waals surface area (Å²) in [4.78, 5) is 12.5. The van der Waals surface area contributed by atoms with Crippen molar-refractivity contribution in [2.45, 2.75) is 26.2 Å². The highest BCUT2D eigenvalue weighted by Gasteiger charge is 2.48. The van der Waals surface area contributed by atoms with Gasteiger partial charge in [0.1, 0.15) is 0 Å². The lowest BCUT2D eigenvalue weighted by molar-refractivity contribution is -0.129. The van der Waals surface area contributed by atoms with E-state index in [1.165, 1.54) is 0 Å². The van der Waals surface area contributed by atoms with Crippen LogP contribution in [-0.2, 0) is 11.2 Å². The molecule has 0 spiro atoms. The first-order valence-corrected chi connectivity index (χ1v) is 7.71. The molecule has 0 saturated carbocycles. The highest BCUT2D eigenvalue weighted by molar-refractivity contribution is 5.86. The Morgan fingerprint density at radius 1 is 1.48 bits per heavy atom. The van der Waals surface area contributed by atoms with Crippen molar-refractivity contribution in [3.8, 4) is 6.07 Å². The van der Waals surface area contributed by atoms with E-state index >= 15 is 0 Å². The molecule has 1 N–H and O–H groups in total. The van der Waals surface area contributed by atoms with Crippen molar-refractivity contribution in [1.29, 1.82) is 5.26 Å². The zero-order valence-corrected chi connectivity index (χ0v) is 13.9. The fourth-order valence-corrected chi connectivity index (χ4v) is 3.43. The lowest BCUT2D eigenvalue weighted by Crippen LogP contribution is -2.40. The predicted octanol–water partition coefficient (Wildman–Crippen LogP) is 3.64. The minimum absolute atomic E-state index is 0.00205.